The Morgan fingerprint density at radius 1 is 1.33 bits per heavy atom. The summed E-state index contributed by atoms with van der Waals surface area (Å²) in [4.78, 5) is 11.1. The van der Waals surface area contributed by atoms with E-state index >= 15 is 0 Å². The monoisotopic (exact) mass is 303 g/mol. The minimum absolute atomic E-state index is 0.255. The lowest BCUT2D eigenvalue weighted by molar-refractivity contribution is -0.166. The van der Waals surface area contributed by atoms with E-state index in [0.717, 1.165) is 6.92 Å². The Labute approximate surface area is 120 Å². The number of hydrogen-bond acceptors (Lipinski definition) is 4. The molecule has 0 amide bonds. The van der Waals surface area contributed by atoms with Crippen LogP contribution in [-0.4, -0.2) is 23.7 Å². The predicted octanol–water partition coefficient (Wildman–Crippen LogP) is 2.54. The van der Waals surface area contributed by atoms with Gasteiger partial charge in [-0.25, -0.2) is 0 Å². The van der Waals surface area contributed by atoms with E-state index in [-0.39, 0.29) is 11.3 Å². The van der Waals surface area contributed by atoms with Gasteiger partial charge >= 0.3 is 6.18 Å². The molecule has 0 fully saturated rings. The van der Waals surface area contributed by atoms with Crippen LogP contribution in [0.2, 0.25) is 0 Å². The molecule has 116 valence electrons. The summed E-state index contributed by atoms with van der Waals surface area (Å²) in [5, 5.41) is 9.59. The molecule has 1 rings (SSSR count). The van der Waals surface area contributed by atoms with E-state index < -0.39 is 23.8 Å². The summed E-state index contributed by atoms with van der Waals surface area (Å²) in [5.41, 5.74) is 5.46. The molecule has 21 heavy (non-hydrogen) atoms. The lowest BCUT2D eigenvalue weighted by Gasteiger charge is -2.13. The van der Waals surface area contributed by atoms with Gasteiger partial charge in [-0.1, -0.05) is 24.3 Å². The summed E-state index contributed by atoms with van der Waals surface area (Å²) in [5.74, 6) is -1.97. The molecule has 7 heteroatoms. The molecule has 1 aromatic rings. The number of alkyl halides is 3. The summed E-state index contributed by atoms with van der Waals surface area (Å²) >= 11 is 0. The number of ketones is 1. The number of carbonyl (C=O) groups excluding carboxylic acids is 1. The molecule has 0 aliphatic carbocycles. The molecule has 0 heterocycles. The standard InChI is InChI=1S/C14H16F3NO3/c1-3-21-13(20)10-6-4-9(5-7-10)11(18)8(2)12(19)14(15,16)17/h4-7,13,20H,3,18H2,1-2H3. The van der Waals surface area contributed by atoms with Crippen molar-refractivity contribution in [1.82, 2.24) is 0 Å². The molecule has 1 aromatic carbocycles. The summed E-state index contributed by atoms with van der Waals surface area (Å²) < 4.78 is 42.0. The van der Waals surface area contributed by atoms with E-state index in [9.17, 15) is 23.1 Å². The van der Waals surface area contributed by atoms with Crippen LogP contribution >= 0.6 is 0 Å². The van der Waals surface area contributed by atoms with E-state index in [1.807, 2.05) is 0 Å². The lowest BCUT2D eigenvalue weighted by Crippen LogP contribution is -2.25. The van der Waals surface area contributed by atoms with Crippen LogP contribution in [0.15, 0.2) is 29.8 Å². The van der Waals surface area contributed by atoms with Crippen LogP contribution in [0.3, 0.4) is 0 Å². The molecule has 3 N–H and O–H groups in total. The molecule has 1 unspecified atom stereocenters. The summed E-state index contributed by atoms with van der Waals surface area (Å²) in [6, 6.07) is 5.77. The van der Waals surface area contributed by atoms with E-state index in [2.05, 4.69) is 0 Å². The molecule has 0 saturated heterocycles. The fourth-order valence-corrected chi connectivity index (χ4v) is 1.63. The first-order valence-electron chi connectivity index (χ1n) is 6.16. The SMILES string of the molecule is CCOC(O)c1ccc(C(N)=C(C)C(=O)C(F)(F)F)cc1. The molecule has 0 spiro atoms. The fraction of sp³-hybridized carbons (Fsp3) is 0.357. The van der Waals surface area contributed by atoms with Crippen LogP contribution in [0, 0.1) is 0 Å². The molecule has 0 aromatic heterocycles. The van der Waals surface area contributed by atoms with Crippen LogP contribution in [0.25, 0.3) is 5.70 Å². The van der Waals surface area contributed by atoms with Gasteiger partial charge in [-0.05, 0) is 19.4 Å². The summed E-state index contributed by atoms with van der Waals surface area (Å²) in [6.07, 6.45) is -6.08. The van der Waals surface area contributed by atoms with Gasteiger partial charge in [-0.3, -0.25) is 4.79 Å². The Hall–Kier alpha value is -1.86. The largest absolute Gasteiger partial charge is 0.454 e. The van der Waals surface area contributed by atoms with Crippen molar-refractivity contribution in [2.24, 2.45) is 5.73 Å². The Balaban J connectivity index is 3.03. The molecule has 0 aliphatic rings. The summed E-state index contributed by atoms with van der Waals surface area (Å²) in [7, 11) is 0. The number of halogens is 3. The Kier molecular flexibility index (Phi) is 5.51. The second kappa shape index (κ2) is 6.73. The predicted molar refractivity (Wildman–Crippen MR) is 70.9 cm³/mol. The average molecular weight is 303 g/mol. The van der Waals surface area contributed by atoms with E-state index in [0.29, 0.717) is 12.2 Å². The number of ether oxygens (including phenoxy) is 1. The lowest BCUT2D eigenvalue weighted by atomic mass is 10.0. The Morgan fingerprint density at radius 2 is 1.86 bits per heavy atom. The molecule has 0 saturated carbocycles. The second-order valence-corrected chi connectivity index (χ2v) is 4.30. The van der Waals surface area contributed by atoms with Crippen molar-refractivity contribution in [3.63, 3.8) is 0 Å². The van der Waals surface area contributed by atoms with Crippen molar-refractivity contribution < 1.29 is 27.8 Å². The van der Waals surface area contributed by atoms with Gasteiger partial charge in [-0.2, -0.15) is 13.2 Å². The molecular weight excluding hydrogens is 287 g/mol. The van der Waals surface area contributed by atoms with E-state index in [4.69, 9.17) is 10.5 Å². The first kappa shape index (κ1) is 17.2. The third kappa shape index (κ3) is 4.30. The normalized spacial score (nSPS) is 14.6. The molecule has 0 radical (unpaired) electrons. The smallest absolute Gasteiger partial charge is 0.398 e. The van der Waals surface area contributed by atoms with E-state index in [1.54, 1.807) is 6.92 Å². The van der Waals surface area contributed by atoms with Crippen molar-refractivity contribution in [2.75, 3.05) is 6.61 Å². The Morgan fingerprint density at radius 3 is 2.29 bits per heavy atom. The number of hydrogen-bond donors (Lipinski definition) is 2. The zero-order valence-electron chi connectivity index (χ0n) is 11.6. The van der Waals surface area contributed by atoms with Crippen molar-refractivity contribution in [3.8, 4) is 0 Å². The number of benzene rings is 1. The average Bonchev–Trinajstić information content (AvgIpc) is 2.44. The maximum absolute atomic E-state index is 12.3. The highest BCUT2D eigenvalue weighted by atomic mass is 19.4. The minimum Gasteiger partial charge on any atom is -0.398 e. The minimum atomic E-state index is -4.96. The number of nitrogens with two attached hydrogens (primary N) is 1. The molecule has 1 atom stereocenters. The number of aliphatic hydroxyl groups excluding tert-OH is 1. The number of rotatable bonds is 5. The highest BCUT2D eigenvalue weighted by Gasteiger charge is 2.40. The van der Waals surface area contributed by atoms with Crippen molar-refractivity contribution in [3.05, 3.63) is 41.0 Å². The third-order valence-electron chi connectivity index (χ3n) is 2.83. The molecule has 0 aliphatic heterocycles. The van der Waals surface area contributed by atoms with Crippen molar-refractivity contribution in [1.29, 1.82) is 0 Å². The van der Waals surface area contributed by atoms with Gasteiger partial charge < -0.3 is 15.6 Å². The number of aliphatic hydroxyl groups is 1. The first-order valence-corrected chi connectivity index (χ1v) is 6.16. The van der Waals surface area contributed by atoms with Crippen LogP contribution < -0.4 is 5.73 Å². The molecular formula is C14H16F3NO3. The molecule has 0 bridgehead atoms. The van der Waals surface area contributed by atoms with Crippen molar-refractivity contribution in [2.45, 2.75) is 26.3 Å². The van der Waals surface area contributed by atoms with Crippen LogP contribution in [0.1, 0.15) is 31.3 Å². The number of Topliss-reactive ketones (excluding diaryl/α,β-unsaturated/α-hetero) is 1. The van der Waals surface area contributed by atoms with Gasteiger partial charge in [-0.15, -0.1) is 0 Å². The van der Waals surface area contributed by atoms with Gasteiger partial charge in [0.1, 0.15) is 0 Å². The zero-order chi connectivity index (χ0) is 16.2. The summed E-state index contributed by atoms with van der Waals surface area (Å²) in [6.45, 7) is 3.04. The van der Waals surface area contributed by atoms with Gasteiger partial charge in [0.15, 0.2) is 6.29 Å². The number of allylic oxidation sites excluding steroid dienone is 1. The zero-order valence-corrected chi connectivity index (χ0v) is 11.6. The van der Waals surface area contributed by atoms with Crippen LogP contribution in [0.5, 0.6) is 0 Å². The fourth-order valence-electron chi connectivity index (χ4n) is 1.63. The number of carbonyl (C=O) groups is 1. The quantitative estimate of drug-likeness (QED) is 0.647. The first-order chi connectivity index (χ1) is 9.68. The second-order valence-electron chi connectivity index (χ2n) is 4.30. The van der Waals surface area contributed by atoms with Gasteiger partial charge in [0.05, 0.1) is 0 Å². The van der Waals surface area contributed by atoms with Crippen LogP contribution in [0.4, 0.5) is 13.2 Å². The highest BCUT2D eigenvalue weighted by molar-refractivity contribution is 6.04. The topological polar surface area (TPSA) is 72.6 Å². The van der Waals surface area contributed by atoms with Gasteiger partial charge in [0, 0.05) is 23.4 Å². The third-order valence-corrected chi connectivity index (χ3v) is 2.83. The molecule has 4 nitrogen and oxygen atoms in total. The van der Waals surface area contributed by atoms with Gasteiger partial charge in [0.2, 0.25) is 0 Å². The highest BCUT2D eigenvalue weighted by Crippen LogP contribution is 2.25. The Bertz CT molecular complexity index is 535. The van der Waals surface area contributed by atoms with Crippen molar-refractivity contribution >= 4 is 11.5 Å². The maximum atomic E-state index is 12.3. The van der Waals surface area contributed by atoms with E-state index in [1.165, 1.54) is 24.3 Å². The van der Waals surface area contributed by atoms with Gasteiger partial charge in [0.25, 0.3) is 5.78 Å². The van der Waals surface area contributed by atoms with Crippen LogP contribution in [-0.2, 0) is 9.53 Å². The maximum Gasteiger partial charge on any atom is 0.454 e.